The Bertz CT molecular complexity index is 577. The maximum Gasteiger partial charge on any atom is 0.120 e. The number of benzene rings is 2. The van der Waals surface area contributed by atoms with Gasteiger partial charge in [-0.15, -0.1) is 0 Å². The van der Waals surface area contributed by atoms with Gasteiger partial charge >= 0.3 is 0 Å². The summed E-state index contributed by atoms with van der Waals surface area (Å²) in [5.41, 5.74) is 3.54. The highest BCUT2D eigenvalue weighted by molar-refractivity contribution is 5.29. The van der Waals surface area contributed by atoms with Gasteiger partial charge in [0, 0.05) is 12.6 Å². The lowest BCUT2D eigenvalue weighted by molar-refractivity contribution is 0.352. The van der Waals surface area contributed by atoms with Gasteiger partial charge in [0.25, 0.3) is 0 Å². The van der Waals surface area contributed by atoms with E-state index in [-0.39, 0.29) is 0 Å². The summed E-state index contributed by atoms with van der Waals surface area (Å²) in [5, 5.41) is 3.53. The second kappa shape index (κ2) is 7.65. The molecule has 2 rings (SSSR count). The van der Waals surface area contributed by atoms with Crippen LogP contribution in [0.1, 0.15) is 31.0 Å². The molecule has 0 saturated carbocycles. The van der Waals surface area contributed by atoms with Gasteiger partial charge in [-0.1, -0.05) is 49.0 Å². The minimum Gasteiger partial charge on any atom is -0.489 e. The van der Waals surface area contributed by atoms with Gasteiger partial charge in [0.05, 0.1) is 0 Å². The molecule has 0 bridgehead atoms. The first-order valence-corrected chi connectivity index (χ1v) is 7.29. The average Bonchev–Trinajstić information content (AvgIpc) is 2.52. The van der Waals surface area contributed by atoms with Crippen LogP contribution < -0.4 is 10.1 Å². The van der Waals surface area contributed by atoms with Crippen LogP contribution in [-0.2, 0) is 6.54 Å². The number of hydrogen-bond acceptors (Lipinski definition) is 2. The van der Waals surface area contributed by atoms with E-state index < -0.39 is 0 Å². The van der Waals surface area contributed by atoms with Crippen molar-refractivity contribution < 1.29 is 4.74 Å². The van der Waals surface area contributed by atoms with Crippen molar-refractivity contribution in [1.29, 1.82) is 0 Å². The second-order valence-corrected chi connectivity index (χ2v) is 5.41. The van der Waals surface area contributed by atoms with Crippen LogP contribution in [0.2, 0.25) is 0 Å². The first-order valence-electron chi connectivity index (χ1n) is 7.29. The molecule has 2 nitrogen and oxygen atoms in total. The third kappa shape index (κ3) is 5.09. The summed E-state index contributed by atoms with van der Waals surface area (Å²) in [4.78, 5) is 0. The Hall–Kier alpha value is -2.06. The van der Waals surface area contributed by atoms with Gasteiger partial charge in [0.15, 0.2) is 0 Å². The van der Waals surface area contributed by atoms with Gasteiger partial charge in [0.2, 0.25) is 0 Å². The number of rotatable bonds is 7. The lowest BCUT2D eigenvalue weighted by Gasteiger charge is -2.15. The monoisotopic (exact) mass is 281 g/mol. The number of nitrogens with one attached hydrogen (secondary N) is 1. The molecule has 0 fully saturated rings. The summed E-state index contributed by atoms with van der Waals surface area (Å²) in [7, 11) is 0. The van der Waals surface area contributed by atoms with Crippen LogP contribution in [-0.4, -0.2) is 6.61 Å². The fourth-order valence-corrected chi connectivity index (χ4v) is 2.08. The molecule has 21 heavy (non-hydrogen) atoms. The zero-order valence-corrected chi connectivity index (χ0v) is 12.8. The predicted molar refractivity (Wildman–Crippen MR) is 88.4 cm³/mol. The maximum absolute atomic E-state index is 5.67. The molecule has 2 heteroatoms. The van der Waals surface area contributed by atoms with Crippen LogP contribution >= 0.6 is 0 Å². The van der Waals surface area contributed by atoms with Crippen molar-refractivity contribution in [3.8, 4) is 5.75 Å². The molecule has 2 aromatic carbocycles. The molecule has 2 aromatic rings. The largest absolute Gasteiger partial charge is 0.489 e. The first kappa shape index (κ1) is 15.3. The van der Waals surface area contributed by atoms with E-state index in [1.165, 1.54) is 11.1 Å². The van der Waals surface area contributed by atoms with Crippen LogP contribution in [0.15, 0.2) is 66.7 Å². The summed E-state index contributed by atoms with van der Waals surface area (Å²) >= 11 is 0. The topological polar surface area (TPSA) is 21.3 Å². The van der Waals surface area contributed by atoms with E-state index in [1.807, 2.05) is 25.1 Å². The quantitative estimate of drug-likeness (QED) is 0.755. The van der Waals surface area contributed by atoms with Gasteiger partial charge in [0.1, 0.15) is 12.4 Å². The van der Waals surface area contributed by atoms with Gasteiger partial charge in [-0.25, -0.2) is 0 Å². The van der Waals surface area contributed by atoms with Gasteiger partial charge in [-0.3, -0.25) is 0 Å². The molecule has 0 aliphatic heterocycles. The van der Waals surface area contributed by atoms with Crippen molar-refractivity contribution in [2.45, 2.75) is 26.4 Å². The SMILES string of the molecule is C=C(C)COc1cccc(CNC(C)c2ccccc2)c1. The van der Waals surface area contributed by atoms with E-state index in [9.17, 15) is 0 Å². The maximum atomic E-state index is 5.67. The van der Waals surface area contributed by atoms with Crippen molar-refractivity contribution in [2.75, 3.05) is 6.61 Å². The lowest BCUT2D eigenvalue weighted by Crippen LogP contribution is -2.18. The molecule has 0 heterocycles. The summed E-state index contributed by atoms with van der Waals surface area (Å²) < 4.78 is 5.67. The van der Waals surface area contributed by atoms with Gasteiger partial charge < -0.3 is 10.1 Å². The Kier molecular flexibility index (Phi) is 5.59. The Morgan fingerprint density at radius 1 is 1.14 bits per heavy atom. The van der Waals surface area contributed by atoms with Crippen molar-refractivity contribution in [1.82, 2.24) is 5.32 Å². The summed E-state index contributed by atoms with van der Waals surface area (Å²) in [6.07, 6.45) is 0. The zero-order chi connectivity index (χ0) is 15.1. The van der Waals surface area contributed by atoms with Gasteiger partial charge in [-0.2, -0.15) is 0 Å². The van der Waals surface area contributed by atoms with Crippen molar-refractivity contribution in [2.24, 2.45) is 0 Å². The van der Waals surface area contributed by atoms with Crippen LogP contribution in [0.4, 0.5) is 0 Å². The standard InChI is InChI=1S/C19H23NO/c1-15(2)14-21-19-11-7-8-17(12-19)13-20-16(3)18-9-5-4-6-10-18/h4-12,16,20H,1,13-14H2,2-3H3. The van der Waals surface area contributed by atoms with Crippen LogP contribution in [0.25, 0.3) is 0 Å². The molecule has 0 spiro atoms. The Morgan fingerprint density at radius 3 is 2.62 bits per heavy atom. The molecule has 0 amide bonds. The molecular weight excluding hydrogens is 258 g/mol. The zero-order valence-electron chi connectivity index (χ0n) is 12.8. The van der Waals surface area contributed by atoms with E-state index >= 15 is 0 Å². The minimum absolute atomic E-state index is 0.325. The summed E-state index contributed by atoms with van der Waals surface area (Å²) in [6.45, 7) is 9.38. The average molecular weight is 281 g/mol. The molecule has 0 aromatic heterocycles. The van der Waals surface area contributed by atoms with Crippen molar-refractivity contribution in [3.63, 3.8) is 0 Å². The fourth-order valence-electron chi connectivity index (χ4n) is 2.08. The Labute approximate surface area is 127 Å². The normalized spacial score (nSPS) is 11.9. The van der Waals surface area contributed by atoms with Gasteiger partial charge in [-0.05, 0) is 42.7 Å². The lowest BCUT2D eigenvalue weighted by atomic mass is 10.1. The van der Waals surface area contributed by atoms with E-state index in [4.69, 9.17) is 4.74 Å². The van der Waals surface area contributed by atoms with E-state index in [1.54, 1.807) is 0 Å². The summed E-state index contributed by atoms with van der Waals surface area (Å²) in [6, 6.07) is 19.0. The highest BCUT2D eigenvalue weighted by Crippen LogP contribution is 2.16. The first-order chi connectivity index (χ1) is 10.1. The van der Waals surface area contributed by atoms with Crippen LogP contribution in [0, 0.1) is 0 Å². The molecular formula is C19H23NO. The van der Waals surface area contributed by atoms with Crippen molar-refractivity contribution >= 4 is 0 Å². The van der Waals surface area contributed by atoms with Crippen LogP contribution in [0.3, 0.4) is 0 Å². The number of hydrogen-bond donors (Lipinski definition) is 1. The molecule has 0 aliphatic carbocycles. The second-order valence-electron chi connectivity index (χ2n) is 5.41. The van der Waals surface area contributed by atoms with Crippen LogP contribution in [0.5, 0.6) is 5.75 Å². The smallest absolute Gasteiger partial charge is 0.120 e. The molecule has 0 saturated heterocycles. The highest BCUT2D eigenvalue weighted by Gasteiger charge is 2.04. The summed E-state index contributed by atoms with van der Waals surface area (Å²) in [5.74, 6) is 0.893. The fraction of sp³-hybridized carbons (Fsp3) is 0.263. The third-order valence-corrected chi connectivity index (χ3v) is 3.30. The Balaban J connectivity index is 1.91. The molecule has 1 unspecified atom stereocenters. The van der Waals surface area contributed by atoms with Crippen molar-refractivity contribution in [3.05, 3.63) is 77.9 Å². The molecule has 110 valence electrons. The highest BCUT2D eigenvalue weighted by atomic mass is 16.5. The molecule has 1 N–H and O–H groups in total. The van der Waals surface area contributed by atoms with E-state index in [0.29, 0.717) is 12.6 Å². The van der Waals surface area contributed by atoms with E-state index in [2.05, 4.69) is 55.2 Å². The van der Waals surface area contributed by atoms with E-state index in [0.717, 1.165) is 17.9 Å². The third-order valence-electron chi connectivity index (χ3n) is 3.30. The Morgan fingerprint density at radius 2 is 1.90 bits per heavy atom. The molecule has 0 radical (unpaired) electrons. The predicted octanol–water partition coefficient (Wildman–Crippen LogP) is 4.49. The number of ether oxygens (including phenoxy) is 1. The minimum atomic E-state index is 0.325. The molecule has 1 atom stereocenters. The molecule has 0 aliphatic rings.